The molecular weight excluding hydrogens is 723 g/mol. The molecule has 0 fully saturated rings. The second-order valence-electron chi connectivity index (χ2n) is 14.4. The standard InChI is InChI=1S/C52H33N7/c1-6-16-35(17-7-1)43-33-44-46(49-48(43)57-59(58-49)41-24-14-5-15-25-41)42-31-30-40(32-45(42)53-47(44)36-18-8-2-9-19-36)34-26-28-39(29-27-34)52-55-50(37-20-10-3-11-21-37)54-51(56-52)38-22-12-4-13-23-38/h1-33H. The molecule has 59 heavy (non-hydrogen) atoms. The van der Waals surface area contributed by atoms with E-state index in [-0.39, 0.29) is 0 Å². The first-order chi connectivity index (χ1) is 29.2. The topological polar surface area (TPSA) is 82.3 Å². The Morgan fingerprint density at radius 3 is 1.36 bits per heavy atom. The minimum Gasteiger partial charge on any atom is -0.247 e. The summed E-state index contributed by atoms with van der Waals surface area (Å²) in [6.07, 6.45) is 0. The van der Waals surface area contributed by atoms with Crippen LogP contribution in [0.3, 0.4) is 0 Å². The van der Waals surface area contributed by atoms with Gasteiger partial charge in [-0.05, 0) is 41.0 Å². The number of aromatic nitrogens is 7. The number of rotatable bonds is 7. The fourth-order valence-electron chi connectivity index (χ4n) is 7.80. The lowest BCUT2D eigenvalue weighted by molar-refractivity contribution is 0.766. The second kappa shape index (κ2) is 14.4. The summed E-state index contributed by atoms with van der Waals surface area (Å²) >= 11 is 0. The van der Waals surface area contributed by atoms with Crippen molar-refractivity contribution in [3.63, 3.8) is 0 Å². The van der Waals surface area contributed by atoms with Gasteiger partial charge in [0.25, 0.3) is 0 Å². The van der Waals surface area contributed by atoms with Crippen LogP contribution in [0.15, 0.2) is 200 Å². The molecule has 0 aliphatic carbocycles. The Kier molecular flexibility index (Phi) is 8.33. The van der Waals surface area contributed by atoms with Crippen LogP contribution in [0.1, 0.15) is 0 Å². The van der Waals surface area contributed by atoms with Gasteiger partial charge in [0, 0.05) is 44.0 Å². The second-order valence-corrected chi connectivity index (χ2v) is 14.4. The molecule has 0 radical (unpaired) electrons. The molecule has 0 unspecified atom stereocenters. The Balaban J connectivity index is 1.07. The van der Waals surface area contributed by atoms with Crippen LogP contribution < -0.4 is 0 Å². The fourth-order valence-corrected chi connectivity index (χ4v) is 7.80. The number of para-hydroxylation sites is 1. The molecule has 7 heteroatoms. The normalized spacial score (nSPS) is 11.4. The Labute approximate surface area is 340 Å². The van der Waals surface area contributed by atoms with E-state index in [9.17, 15) is 0 Å². The van der Waals surface area contributed by atoms with E-state index in [2.05, 4.69) is 97.1 Å². The molecule has 7 nitrogen and oxygen atoms in total. The van der Waals surface area contributed by atoms with Gasteiger partial charge < -0.3 is 0 Å². The molecule has 276 valence electrons. The summed E-state index contributed by atoms with van der Waals surface area (Å²) in [6, 6.07) is 68.2. The third-order valence-corrected chi connectivity index (χ3v) is 10.7. The van der Waals surface area contributed by atoms with Gasteiger partial charge in [0.2, 0.25) is 0 Å². The van der Waals surface area contributed by atoms with Crippen LogP contribution >= 0.6 is 0 Å². The van der Waals surface area contributed by atoms with Gasteiger partial charge in [-0.2, -0.15) is 4.80 Å². The molecule has 0 saturated carbocycles. The van der Waals surface area contributed by atoms with Gasteiger partial charge in [0.05, 0.1) is 16.9 Å². The van der Waals surface area contributed by atoms with Crippen LogP contribution in [0.2, 0.25) is 0 Å². The van der Waals surface area contributed by atoms with Gasteiger partial charge in [0.1, 0.15) is 11.0 Å². The highest BCUT2D eigenvalue weighted by Gasteiger charge is 2.21. The first-order valence-electron chi connectivity index (χ1n) is 19.5. The van der Waals surface area contributed by atoms with Gasteiger partial charge in [0.15, 0.2) is 17.5 Å². The Hall–Kier alpha value is -8.16. The zero-order chi connectivity index (χ0) is 39.1. The van der Waals surface area contributed by atoms with Crippen molar-refractivity contribution in [3.05, 3.63) is 200 Å². The largest absolute Gasteiger partial charge is 0.247 e. The van der Waals surface area contributed by atoms with Crippen molar-refractivity contribution in [2.45, 2.75) is 0 Å². The molecular formula is C52H33N7. The lowest BCUT2D eigenvalue weighted by Crippen LogP contribution is -2.00. The number of fused-ring (bicyclic) bond motifs is 5. The first-order valence-corrected chi connectivity index (χ1v) is 19.5. The summed E-state index contributed by atoms with van der Waals surface area (Å²) in [5, 5.41) is 13.4. The molecule has 0 aliphatic rings. The number of hydrogen-bond acceptors (Lipinski definition) is 6. The van der Waals surface area contributed by atoms with E-state index in [0.29, 0.717) is 17.5 Å². The molecule has 0 saturated heterocycles. The number of nitrogens with zero attached hydrogens (tertiary/aromatic N) is 7. The zero-order valence-corrected chi connectivity index (χ0v) is 31.7. The third-order valence-electron chi connectivity index (χ3n) is 10.7. The molecule has 0 aliphatic heterocycles. The number of pyridine rings is 1. The predicted molar refractivity (Wildman–Crippen MR) is 238 cm³/mol. The average molecular weight is 756 g/mol. The average Bonchev–Trinajstić information content (AvgIpc) is 3.78. The molecule has 0 bridgehead atoms. The Bertz CT molecular complexity index is 3220. The van der Waals surface area contributed by atoms with Crippen molar-refractivity contribution in [2.24, 2.45) is 0 Å². The van der Waals surface area contributed by atoms with E-state index in [1.54, 1.807) is 4.80 Å². The van der Waals surface area contributed by atoms with Crippen LogP contribution in [-0.4, -0.2) is 34.9 Å². The first kappa shape index (κ1) is 34.1. The fraction of sp³-hybridized carbons (Fsp3) is 0. The van der Waals surface area contributed by atoms with Crippen LogP contribution in [0.4, 0.5) is 0 Å². The van der Waals surface area contributed by atoms with E-state index in [0.717, 1.165) is 88.6 Å². The molecule has 0 N–H and O–H groups in total. The SMILES string of the molecule is c1ccc(-c2nc(-c3ccccc3)nc(-c3ccc(-c4ccc5c(c4)nc(-c4ccccc4)c4cc(-c6ccccc6)c6nn(-c7ccccc7)nc6c45)cc3)n2)cc1. The maximum absolute atomic E-state index is 5.43. The maximum Gasteiger partial charge on any atom is 0.164 e. The van der Waals surface area contributed by atoms with E-state index in [1.807, 2.05) is 103 Å². The van der Waals surface area contributed by atoms with Gasteiger partial charge in [-0.1, -0.05) is 176 Å². The summed E-state index contributed by atoms with van der Waals surface area (Å²) in [5.74, 6) is 1.88. The van der Waals surface area contributed by atoms with Crippen molar-refractivity contribution in [1.82, 2.24) is 34.9 Å². The third kappa shape index (κ3) is 6.27. The minimum absolute atomic E-state index is 0.617. The number of hydrogen-bond donors (Lipinski definition) is 0. The predicted octanol–water partition coefficient (Wildman–Crippen LogP) is 12.3. The molecule has 3 aromatic heterocycles. The Morgan fingerprint density at radius 2 is 0.780 bits per heavy atom. The summed E-state index contributed by atoms with van der Waals surface area (Å²) < 4.78 is 0. The van der Waals surface area contributed by atoms with Crippen LogP contribution in [0.25, 0.3) is 106 Å². The van der Waals surface area contributed by atoms with Crippen LogP contribution in [0.5, 0.6) is 0 Å². The van der Waals surface area contributed by atoms with Crippen molar-refractivity contribution in [2.75, 3.05) is 0 Å². The molecule has 0 spiro atoms. The van der Waals surface area contributed by atoms with Gasteiger partial charge in [-0.15, -0.1) is 10.2 Å². The van der Waals surface area contributed by atoms with E-state index >= 15 is 0 Å². The van der Waals surface area contributed by atoms with Crippen molar-refractivity contribution < 1.29 is 0 Å². The summed E-state index contributed by atoms with van der Waals surface area (Å²) in [7, 11) is 0. The van der Waals surface area contributed by atoms with Crippen LogP contribution in [0, 0.1) is 0 Å². The quantitative estimate of drug-likeness (QED) is 0.151. The highest BCUT2D eigenvalue weighted by Crippen LogP contribution is 2.41. The minimum atomic E-state index is 0.617. The van der Waals surface area contributed by atoms with Crippen molar-refractivity contribution in [1.29, 1.82) is 0 Å². The molecule has 8 aromatic carbocycles. The highest BCUT2D eigenvalue weighted by molar-refractivity contribution is 6.23. The zero-order valence-electron chi connectivity index (χ0n) is 31.7. The summed E-state index contributed by atoms with van der Waals surface area (Å²) in [6.45, 7) is 0. The number of benzene rings is 8. The lowest BCUT2D eigenvalue weighted by atomic mass is 9.93. The molecule has 11 aromatic rings. The Morgan fingerprint density at radius 1 is 0.322 bits per heavy atom. The van der Waals surface area contributed by atoms with Crippen molar-refractivity contribution in [3.8, 4) is 73.4 Å². The van der Waals surface area contributed by atoms with Crippen molar-refractivity contribution >= 4 is 32.7 Å². The maximum atomic E-state index is 5.43. The molecule has 3 heterocycles. The lowest BCUT2D eigenvalue weighted by Gasteiger charge is -2.14. The van der Waals surface area contributed by atoms with E-state index < -0.39 is 0 Å². The van der Waals surface area contributed by atoms with Gasteiger partial charge in [-0.3, -0.25) is 0 Å². The van der Waals surface area contributed by atoms with E-state index in [1.165, 1.54) is 0 Å². The summed E-state index contributed by atoms with van der Waals surface area (Å²) in [4.78, 5) is 21.9. The monoisotopic (exact) mass is 755 g/mol. The van der Waals surface area contributed by atoms with Gasteiger partial charge >= 0.3 is 0 Å². The van der Waals surface area contributed by atoms with E-state index in [4.69, 9.17) is 30.1 Å². The molecule has 11 rings (SSSR count). The van der Waals surface area contributed by atoms with Crippen LogP contribution in [-0.2, 0) is 0 Å². The smallest absolute Gasteiger partial charge is 0.164 e. The van der Waals surface area contributed by atoms with Gasteiger partial charge in [-0.25, -0.2) is 19.9 Å². The highest BCUT2D eigenvalue weighted by atomic mass is 15.5. The summed E-state index contributed by atoms with van der Waals surface area (Å²) in [5.41, 5.74) is 12.3. The molecule has 0 atom stereocenters. The molecule has 0 amide bonds.